The molecule has 2 heterocycles. The molecule has 0 aliphatic rings. The fourth-order valence-corrected chi connectivity index (χ4v) is 2.24. The van der Waals surface area contributed by atoms with Crippen LogP contribution in [0, 0.1) is 6.92 Å². The van der Waals surface area contributed by atoms with Crippen molar-refractivity contribution in [2.45, 2.75) is 13.5 Å². The summed E-state index contributed by atoms with van der Waals surface area (Å²) in [7, 11) is 0. The van der Waals surface area contributed by atoms with Gasteiger partial charge in [-0.15, -0.1) is 11.3 Å². The van der Waals surface area contributed by atoms with Crippen LogP contribution in [0.25, 0.3) is 0 Å². The van der Waals surface area contributed by atoms with Crippen LogP contribution in [0.15, 0.2) is 30.5 Å². The predicted octanol–water partition coefficient (Wildman–Crippen LogP) is 3.72. The Morgan fingerprint density at radius 3 is 2.80 bits per heavy atom. The molecular weight excluding hydrogens is 228 g/mol. The van der Waals surface area contributed by atoms with Crippen LogP contribution in [0.4, 0.5) is 5.69 Å². The van der Waals surface area contributed by atoms with E-state index >= 15 is 0 Å². The van der Waals surface area contributed by atoms with Crippen LogP contribution in [0.2, 0.25) is 4.34 Å². The zero-order valence-electron chi connectivity index (χ0n) is 8.33. The summed E-state index contributed by atoms with van der Waals surface area (Å²) in [5.74, 6) is 0. The van der Waals surface area contributed by atoms with Crippen molar-refractivity contribution < 1.29 is 0 Å². The third-order valence-corrected chi connectivity index (χ3v) is 3.24. The topological polar surface area (TPSA) is 24.9 Å². The molecule has 0 unspecified atom stereocenters. The maximum Gasteiger partial charge on any atom is 0.0931 e. The van der Waals surface area contributed by atoms with Crippen molar-refractivity contribution in [2.75, 3.05) is 5.32 Å². The molecule has 0 radical (unpaired) electrons. The summed E-state index contributed by atoms with van der Waals surface area (Å²) >= 11 is 7.43. The van der Waals surface area contributed by atoms with Gasteiger partial charge >= 0.3 is 0 Å². The monoisotopic (exact) mass is 238 g/mol. The molecule has 2 nitrogen and oxygen atoms in total. The van der Waals surface area contributed by atoms with Crippen molar-refractivity contribution in [3.8, 4) is 0 Å². The quantitative estimate of drug-likeness (QED) is 0.882. The SMILES string of the molecule is Cc1ccc(NCc2ccc(Cl)s2)cn1. The van der Waals surface area contributed by atoms with Crippen LogP contribution >= 0.6 is 22.9 Å². The van der Waals surface area contributed by atoms with Gasteiger partial charge in [0.1, 0.15) is 0 Å². The van der Waals surface area contributed by atoms with Crippen LogP contribution in [0.1, 0.15) is 10.6 Å². The Balaban J connectivity index is 1.96. The zero-order valence-corrected chi connectivity index (χ0v) is 9.90. The number of aromatic nitrogens is 1. The van der Waals surface area contributed by atoms with Gasteiger partial charge in [0.05, 0.1) is 16.2 Å². The van der Waals surface area contributed by atoms with Gasteiger partial charge < -0.3 is 5.32 Å². The van der Waals surface area contributed by atoms with Crippen LogP contribution < -0.4 is 5.32 Å². The Labute approximate surface area is 97.9 Å². The second kappa shape index (κ2) is 4.64. The van der Waals surface area contributed by atoms with Crippen LogP contribution in [-0.2, 0) is 6.54 Å². The molecule has 2 aromatic rings. The molecule has 0 aliphatic heterocycles. The maximum atomic E-state index is 5.84. The van der Waals surface area contributed by atoms with Crippen LogP contribution in [0.5, 0.6) is 0 Å². The molecule has 0 spiro atoms. The highest BCUT2D eigenvalue weighted by molar-refractivity contribution is 7.16. The van der Waals surface area contributed by atoms with Gasteiger partial charge in [0, 0.05) is 17.1 Å². The minimum Gasteiger partial charge on any atom is -0.379 e. The summed E-state index contributed by atoms with van der Waals surface area (Å²) in [5.41, 5.74) is 2.06. The molecule has 2 rings (SSSR count). The summed E-state index contributed by atoms with van der Waals surface area (Å²) in [4.78, 5) is 5.43. The van der Waals surface area contributed by atoms with Crippen molar-refractivity contribution in [2.24, 2.45) is 0 Å². The summed E-state index contributed by atoms with van der Waals surface area (Å²) < 4.78 is 0.828. The van der Waals surface area contributed by atoms with E-state index in [1.165, 1.54) is 4.88 Å². The largest absolute Gasteiger partial charge is 0.379 e. The maximum absolute atomic E-state index is 5.84. The Kier molecular flexibility index (Phi) is 3.23. The molecule has 78 valence electrons. The zero-order chi connectivity index (χ0) is 10.7. The molecule has 0 aliphatic carbocycles. The lowest BCUT2D eigenvalue weighted by Crippen LogP contribution is -1.97. The van der Waals surface area contributed by atoms with E-state index in [9.17, 15) is 0 Å². The highest BCUT2D eigenvalue weighted by Gasteiger charge is 1.97. The number of nitrogens with one attached hydrogen (secondary N) is 1. The molecule has 0 fully saturated rings. The molecule has 1 N–H and O–H groups in total. The first kappa shape index (κ1) is 10.5. The molecule has 0 atom stereocenters. The van der Waals surface area contributed by atoms with E-state index in [2.05, 4.69) is 10.3 Å². The van der Waals surface area contributed by atoms with Gasteiger partial charge in [0.25, 0.3) is 0 Å². The second-order valence-corrected chi connectivity index (χ2v) is 5.05. The average molecular weight is 239 g/mol. The van der Waals surface area contributed by atoms with E-state index in [-0.39, 0.29) is 0 Å². The number of hydrogen-bond donors (Lipinski definition) is 1. The van der Waals surface area contributed by atoms with Crippen molar-refractivity contribution in [3.05, 3.63) is 45.4 Å². The molecule has 0 amide bonds. The number of hydrogen-bond acceptors (Lipinski definition) is 3. The standard InChI is InChI=1S/C11H11ClN2S/c1-8-2-3-9(6-13-8)14-7-10-4-5-11(12)15-10/h2-6,14H,7H2,1H3. The second-order valence-electron chi connectivity index (χ2n) is 3.25. The molecule has 0 bridgehead atoms. The van der Waals surface area contributed by atoms with Crippen LogP contribution in [-0.4, -0.2) is 4.98 Å². The minimum absolute atomic E-state index is 0.794. The molecule has 0 aromatic carbocycles. The van der Waals surface area contributed by atoms with Crippen LogP contribution in [0.3, 0.4) is 0 Å². The summed E-state index contributed by atoms with van der Waals surface area (Å²) in [5, 5.41) is 3.29. The summed E-state index contributed by atoms with van der Waals surface area (Å²) in [6.45, 7) is 2.77. The Morgan fingerprint density at radius 1 is 1.33 bits per heavy atom. The molecule has 4 heteroatoms. The van der Waals surface area contributed by atoms with E-state index in [1.54, 1.807) is 11.3 Å². The fraction of sp³-hybridized carbons (Fsp3) is 0.182. The first-order valence-corrected chi connectivity index (χ1v) is 5.84. The normalized spacial score (nSPS) is 10.3. The number of anilines is 1. The third kappa shape index (κ3) is 2.94. The first-order valence-electron chi connectivity index (χ1n) is 4.65. The van der Waals surface area contributed by atoms with Crippen molar-refractivity contribution in [3.63, 3.8) is 0 Å². The van der Waals surface area contributed by atoms with Gasteiger partial charge in [-0.1, -0.05) is 11.6 Å². The lowest BCUT2D eigenvalue weighted by molar-refractivity contribution is 1.15. The molecular formula is C11H11ClN2S. The molecule has 2 aromatic heterocycles. The van der Waals surface area contributed by atoms with E-state index in [0.717, 1.165) is 22.3 Å². The minimum atomic E-state index is 0.794. The Hall–Kier alpha value is -1.06. The van der Waals surface area contributed by atoms with Gasteiger partial charge in [-0.2, -0.15) is 0 Å². The third-order valence-electron chi connectivity index (χ3n) is 2.01. The fourth-order valence-electron chi connectivity index (χ4n) is 1.21. The average Bonchev–Trinajstić information content (AvgIpc) is 2.64. The Morgan fingerprint density at radius 2 is 2.20 bits per heavy atom. The number of thiophene rings is 1. The Bertz CT molecular complexity index is 436. The lowest BCUT2D eigenvalue weighted by atomic mass is 10.3. The highest BCUT2D eigenvalue weighted by Crippen LogP contribution is 2.22. The number of nitrogens with zero attached hydrogens (tertiary/aromatic N) is 1. The van der Waals surface area contributed by atoms with Gasteiger partial charge in [-0.3, -0.25) is 4.98 Å². The summed E-state index contributed by atoms with van der Waals surface area (Å²) in [6.07, 6.45) is 1.84. The highest BCUT2D eigenvalue weighted by atomic mass is 35.5. The molecule has 15 heavy (non-hydrogen) atoms. The number of aryl methyl sites for hydroxylation is 1. The van der Waals surface area contributed by atoms with Gasteiger partial charge in [-0.05, 0) is 31.2 Å². The number of rotatable bonds is 3. The molecule has 0 saturated heterocycles. The van der Waals surface area contributed by atoms with Gasteiger partial charge in [-0.25, -0.2) is 0 Å². The first-order chi connectivity index (χ1) is 7.24. The lowest BCUT2D eigenvalue weighted by Gasteiger charge is -2.03. The smallest absolute Gasteiger partial charge is 0.0931 e. The van der Waals surface area contributed by atoms with Crippen molar-refractivity contribution >= 4 is 28.6 Å². The molecule has 0 saturated carbocycles. The van der Waals surface area contributed by atoms with E-state index in [4.69, 9.17) is 11.6 Å². The van der Waals surface area contributed by atoms with E-state index < -0.39 is 0 Å². The van der Waals surface area contributed by atoms with Gasteiger partial charge in [0.2, 0.25) is 0 Å². The van der Waals surface area contributed by atoms with Crippen molar-refractivity contribution in [1.82, 2.24) is 4.98 Å². The number of pyridine rings is 1. The summed E-state index contributed by atoms with van der Waals surface area (Å²) in [6, 6.07) is 7.96. The number of halogens is 1. The predicted molar refractivity (Wildman–Crippen MR) is 65.6 cm³/mol. The van der Waals surface area contributed by atoms with Crippen molar-refractivity contribution in [1.29, 1.82) is 0 Å². The van der Waals surface area contributed by atoms with E-state index in [1.807, 2.05) is 37.4 Å². The van der Waals surface area contributed by atoms with E-state index in [0.29, 0.717) is 0 Å². The van der Waals surface area contributed by atoms with Gasteiger partial charge in [0.15, 0.2) is 0 Å².